The van der Waals surface area contributed by atoms with Gasteiger partial charge in [-0.1, -0.05) is 0 Å². The van der Waals surface area contributed by atoms with Crippen LogP contribution in [0.1, 0.15) is 19.3 Å². The molecule has 4 unspecified atom stereocenters. The summed E-state index contributed by atoms with van der Waals surface area (Å²) in [7, 11) is 0. The summed E-state index contributed by atoms with van der Waals surface area (Å²) in [6.07, 6.45) is 4.68. The summed E-state index contributed by atoms with van der Waals surface area (Å²) in [6.45, 7) is 1.16. The topological polar surface area (TPSA) is 21.3 Å². The molecule has 0 aliphatic heterocycles. The molecule has 4 fully saturated rings. The van der Waals surface area contributed by atoms with Crippen molar-refractivity contribution in [2.24, 2.45) is 29.1 Å². The lowest BCUT2D eigenvalue weighted by molar-refractivity contribution is -0.426. The van der Waals surface area contributed by atoms with E-state index in [-0.39, 0.29) is 0 Å². The Hall–Kier alpha value is -1.16. The van der Waals surface area contributed by atoms with Crippen LogP contribution in [0, 0.1) is 40.7 Å². The third-order valence-electron chi connectivity index (χ3n) is 6.80. The molecule has 2 nitrogen and oxygen atoms in total. The van der Waals surface area contributed by atoms with Crippen molar-refractivity contribution in [3.05, 3.63) is 29.8 Å². The van der Waals surface area contributed by atoms with E-state index in [1.165, 1.54) is 31.4 Å². The van der Waals surface area contributed by atoms with E-state index in [2.05, 4.69) is 5.32 Å². The van der Waals surface area contributed by atoms with Gasteiger partial charge in [-0.15, -0.1) is 0 Å². The summed E-state index contributed by atoms with van der Waals surface area (Å²) in [5.41, 5.74) is 1.08. The lowest BCUT2D eigenvalue weighted by Crippen LogP contribution is -2.85. The molecule has 0 saturated heterocycles. The van der Waals surface area contributed by atoms with Gasteiger partial charge in [-0.05, 0) is 60.5 Å². The highest BCUT2D eigenvalue weighted by Crippen LogP contribution is 2.87. The number of nitrogens with one attached hydrogen (secondary N) is 1. The minimum atomic E-state index is -0.548. The van der Waals surface area contributed by atoms with Crippen molar-refractivity contribution in [1.29, 1.82) is 0 Å². The first-order chi connectivity index (χ1) is 10.2. The van der Waals surface area contributed by atoms with Gasteiger partial charge in [0.2, 0.25) is 0 Å². The van der Waals surface area contributed by atoms with Gasteiger partial charge < -0.3 is 10.1 Å². The van der Waals surface area contributed by atoms with Crippen LogP contribution >= 0.6 is 0 Å². The number of hydrogen-bond donors (Lipinski definition) is 1. The number of benzene rings is 1. The zero-order valence-corrected chi connectivity index (χ0v) is 11.8. The van der Waals surface area contributed by atoms with E-state index in [9.17, 15) is 8.78 Å². The minimum absolute atomic E-state index is 0.344. The van der Waals surface area contributed by atoms with Crippen LogP contribution in [0.5, 0.6) is 0 Å². The molecular weight excluding hydrogens is 272 g/mol. The molecule has 0 aromatic heterocycles. The first-order valence-corrected chi connectivity index (χ1v) is 8.01. The molecule has 1 spiro atoms. The molecule has 4 atom stereocenters. The van der Waals surface area contributed by atoms with Gasteiger partial charge in [0.15, 0.2) is 0 Å². The van der Waals surface area contributed by atoms with Crippen LogP contribution in [0.4, 0.5) is 14.5 Å². The van der Waals surface area contributed by atoms with Gasteiger partial charge in [0.1, 0.15) is 11.6 Å². The van der Waals surface area contributed by atoms with Crippen LogP contribution in [0.25, 0.3) is 0 Å². The summed E-state index contributed by atoms with van der Waals surface area (Å²) in [6, 6.07) is 3.60. The predicted octanol–water partition coefficient (Wildman–Crippen LogP) is 3.44. The number of rotatable bonds is 5. The lowest BCUT2D eigenvalue weighted by Gasteiger charge is -2.88. The normalized spacial score (nSPS) is 44.4. The highest BCUT2D eigenvalue weighted by Gasteiger charge is 2.84. The van der Waals surface area contributed by atoms with Gasteiger partial charge in [0.25, 0.3) is 0 Å². The molecule has 4 aliphatic rings. The van der Waals surface area contributed by atoms with Crippen LogP contribution in [-0.4, -0.2) is 19.3 Å². The maximum absolute atomic E-state index is 13.5. The average Bonchev–Trinajstić information content (AvgIpc) is 2.36. The first-order valence-electron chi connectivity index (χ1n) is 8.01. The molecule has 5 rings (SSSR count). The Morgan fingerprint density at radius 3 is 2.57 bits per heavy atom. The molecule has 0 bridgehead atoms. The van der Waals surface area contributed by atoms with Gasteiger partial charge in [-0.3, -0.25) is 0 Å². The standard InChI is InChI=1S/C17H19F2NO/c18-11-1-2-15(14(19)8-11)20-3-4-21-16-12-6-9-5-10-7-13(16)17(9,10)12/h1-2,8-10,12-13,16,20H,3-7H2. The van der Waals surface area contributed by atoms with E-state index < -0.39 is 11.6 Å². The fraction of sp³-hybridized carbons (Fsp3) is 0.647. The fourth-order valence-electron chi connectivity index (χ4n) is 5.96. The molecule has 4 aliphatic carbocycles. The predicted molar refractivity (Wildman–Crippen MR) is 74.8 cm³/mol. The van der Waals surface area contributed by atoms with Gasteiger partial charge >= 0.3 is 0 Å². The second-order valence-electron chi connectivity index (χ2n) is 7.20. The third-order valence-corrected chi connectivity index (χ3v) is 6.80. The van der Waals surface area contributed by atoms with E-state index in [4.69, 9.17) is 4.74 Å². The monoisotopic (exact) mass is 291 g/mol. The Bertz CT molecular complexity index is 582. The third kappa shape index (κ3) is 1.35. The van der Waals surface area contributed by atoms with Gasteiger partial charge in [0.05, 0.1) is 18.4 Å². The van der Waals surface area contributed by atoms with Crippen LogP contribution in [0.15, 0.2) is 18.2 Å². The summed E-state index contributed by atoms with van der Waals surface area (Å²) < 4.78 is 32.3. The molecular formula is C17H19F2NO. The summed E-state index contributed by atoms with van der Waals surface area (Å²) in [5.74, 6) is 2.60. The molecule has 1 aromatic rings. The van der Waals surface area contributed by atoms with Crippen molar-refractivity contribution in [3.8, 4) is 0 Å². The highest BCUT2D eigenvalue weighted by atomic mass is 19.1. The number of halogens is 2. The Morgan fingerprint density at radius 1 is 1.14 bits per heavy atom. The average molecular weight is 291 g/mol. The van der Waals surface area contributed by atoms with Gasteiger partial charge in [0, 0.05) is 12.6 Å². The molecule has 1 aromatic carbocycles. The number of anilines is 1. The zero-order chi connectivity index (χ0) is 14.2. The maximum atomic E-state index is 13.5. The van der Waals surface area contributed by atoms with Crippen molar-refractivity contribution < 1.29 is 13.5 Å². The summed E-state index contributed by atoms with van der Waals surface area (Å²) in [5, 5.41) is 2.98. The van der Waals surface area contributed by atoms with E-state index in [1.807, 2.05) is 0 Å². The van der Waals surface area contributed by atoms with Crippen molar-refractivity contribution >= 4 is 5.69 Å². The molecule has 0 radical (unpaired) electrons. The largest absolute Gasteiger partial charge is 0.380 e. The Morgan fingerprint density at radius 2 is 1.90 bits per heavy atom. The highest BCUT2D eigenvalue weighted by molar-refractivity contribution is 5.44. The summed E-state index contributed by atoms with van der Waals surface area (Å²) >= 11 is 0. The number of ether oxygens (including phenoxy) is 1. The lowest BCUT2D eigenvalue weighted by atomic mass is 9.17. The molecule has 1 N–H and O–H groups in total. The number of hydrogen-bond acceptors (Lipinski definition) is 2. The van der Waals surface area contributed by atoms with Crippen LogP contribution < -0.4 is 5.32 Å². The van der Waals surface area contributed by atoms with Gasteiger partial charge in [-0.25, -0.2) is 8.78 Å². The van der Waals surface area contributed by atoms with E-state index >= 15 is 0 Å². The Kier molecular flexibility index (Phi) is 2.35. The fourth-order valence-corrected chi connectivity index (χ4v) is 5.96. The smallest absolute Gasteiger partial charge is 0.149 e. The second-order valence-corrected chi connectivity index (χ2v) is 7.20. The molecule has 0 amide bonds. The van der Waals surface area contributed by atoms with E-state index in [0.29, 0.717) is 24.9 Å². The van der Waals surface area contributed by atoms with Crippen molar-refractivity contribution in [3.63, 3.8) is 0 Å². The quantitative estimate of drug-likeness (QED) is 0.839. The first kappa shape index (κ1) is 12.4. The van der Waals surface area contributed by atoms with Crippen LogP contribution in [0.3, 0.4) is 0 Å². The van der Waals surface area contributed by atoms with Crippen LogP contribution in [-0.2, 0) is 4.74 Å². The maximum Gasteiger partial charge on any atom is 0.149 e. The molecule has 0 heterocycles. The van der Waals surface area contributed by atoms with Gasteiger partial charge in [-0.2, -0.15) is 0 Å². The van der Waals surface area contributed by atoms with Crippen molar-refractivity contribution in [2.75, 3.05) is 18.5 Å². The van der Waals surface area contributed by atoms with Crippen molar-refractivity contribution in [2.45, 2.75) is 25.4 Å². The Labute approximate surface area is 122 Å². The zero-order valence-electron chi connectivity index (χ0n) is 11.8. The summed E-state index contributed by atoms with van der Waals surface area (Å²) in [4.78, 5) is 0. The van der Waals surface area contributed by atoms with E-state index in [1.54, 1.807) is 0 Å². The minimum Gasteiger partial charge on any atom is -0.380 e. The Balaban J connectivity index is 1.12. The molecule has 4 saturated carbocycles. The second kappa shape index (κ2) is 3.97. The van der Waals surface area contributed by atoms with Crippen LogP contribution in [0.2, 0.25) is 0 Å². The SMILES string of the molecule is Fc1ccc(NCCOC2C3CC4CC5CC2C453)c(F)c1. The van der Waals surface area contributed by atoms with E-state index in [0.717, 1.165) is 35.2 Å². The molecule has 112 valence electrons. The molecule has 4 heteroatoms. The van der Waals surface area contributed by atoms with Crippen molar-refractivity contribution in [1.82, 2.24) is 0 Å². The molecule has 21 heavy (non-hydrogen) atoms.